The van der Waals surface area contributed by atoms with E-state index >= 15 is 0 Å². The second-order valence-electron chi connectivity index (χ2n) is 8.23. The summed E-state index contributed by atoms with van der Waals surface area (Å²) in [4.78, 5) is 24.2. The Hall–Kier alpha value is -2.44. The standard InChI is InChI=1S/C23H28N4O2/c28-23-15-21-20(27(23)17-18-4-2-1-3-5-18)7-9-26(21)16-19-6-8-24-22(14-19)25-10-12-29-13-11-25/h1-6,8,14,20-21H,7,9-13,15-17H2/t20-,21-/m0/s1. The third-order valence-electron chi connectivity index (χ3n) is 6.46. The highest BCUT2D eigenvalue weighted by Crippen LogP contribution is 2.34. The predicted octanol–water partition coefficient (Wildman–Crippen LogP) is 2.29. The summed E-state index contributed by atoms with van der Waals surface area (Å²) in [6.45, 7) is 5.98. The van der Waals surface area contributed by atoms with Gasteiger partial charge in [-0.15, -0.1) is 0 Å². The Bertz CT molecular complexity index is 853. The molecule has 29 heavy (non-hydrogen) atoms. The van der Waals surface area contributed by atoms with Crippen LogP contribution in [0.1, 0.15) is 24.0 Å². The van der Waals surface area contributed by atoms with Gasteiger partial charge in [-0.2, -0.15) is 0 Å². The molecule has 4 heterocycles. The SMILES string of the molecule is O=C1C[C@H]2[C@H](CCN2Cc2ccnc(N3CCOCC3)c2)N1Cc1ccccc1. The van der Waals surface area contributed by atoms with Crippen LogP contribution in [0.2, 0.25) is 0 Å². The van der Waals surface area contributed by atoms with Crippen LogP contribution in [0.15, 0.2) is 48.7 Å². The fraction of sp³-hybridized carbons (Fsp3) is 0.478. The van der Waals surface area contributed by atoms with Crippen LogP contribution in [0.4, 0.5) is 5.82 Å². The van der Waals surface area contributed by atoms with Gasteiger partial charge in [-0.1, -0.05) is 30.3 Å². The molecule has 0 saturated carbocycles. The van der Waals surface area contributed by atoms with Gasteiger partial charge in [-0.3, -0.25) is 9.69 Å². The monoisotopic (exact) mass is 392 g/mol. The van der Waals surface area contributed by atoms with Crippen molar-refractivity contribution in [1.82, 2.24) is 14.8 Å². The van der Waals surface area contributed by atoms with Gasteiger partial charge in [-0.25, -0.2) is 4.98 Å². The highest BCUT2D eigenvalue weighted by molar-refractivity contribution is 5.80. The maximum absolute atomic E-state index is 12.7. The largest absolute Gasteiger partial charge is 0.378 e. The molecule has 0 unspecified atom stereocenters. The molecule has 0 aliphatic carbocycles. The van der Waals surface area contributed by atoms with Gasteiger partial charge >= 0.3 is 0 Å². The Balaban J connectivity index is 1.26. The number of nitrogens with zero attached hydrogens (tertiary/aromatic N) is 4. The topological polar surface area (TPSA) is 48.9 Å². The zero-order valence-corrected chi connectivity index (χ0v) is 16.7. The van der Waals surface area contributed by atoms with Crippen LogP contribution >= 0.6 is 0 Å². The number of carbonyl (C=O) groups excluding carboxylic acids is 1. The third-order valence-corrected chi connectivity index (χ3v) is 6.46. The summed E-state index contributed by atoms with van der Waals surface area (Å²) in [5, 5.41) is 0. The summed E-state index contributed by atoms with van der Waals surface area (Å²) < 4.78 is 5.45. The van der Waals surface area contributed by atoms with Gasteiger partial charge in [0.1, 0.15) is 5.82 Å². The minimum absolute atomic E-state index is 0.289. The van der Waals surface area contributed by atoms with E-state index in [-0.39, 0.29) is 5.91 Å². The lowest BCUT2D eigenvalue weighted by molar-refractivity contribution is -0.129. The van der Waals surface area contributed by atoms with Crippen LogP contribution in [-0.4, -0.2) is 65.6 Å². The van der Waals surface area contributed by atoms with Crippen LogP contribution in [0, 0.1) is 0 Å². The average molecular weight is 393 g/mol. The smallest absolute Gasteiger partial charge is 0.224 e. The van der Waals surface area contributed by atoms with Crippen LogP contribution in [0.3, 0.4) is 0 Å². The fourth-order valence-electron chi connectivity index (χ4n) is 4.95. The molecule has 0 spiro atoms. The molecule has 2 atom stereocenters. The number of benzene rings is 1. The van der Waals surface area contributed by atoms with Crippen molar-refractivity contribution in [2.75, 3.05) is 37.7 Å². The van der Waals surface area contributed by atoms with E-state index in [4.69, 9.17) is 4.74 Å². The molecular weight excluding hydrogens is 364 g/mol. The Morgan fingerprint density at radius 3 is 2.62 bits per heavy atom. The van der Waals surface area contributed by atoms with Gasteiger partial charge in [0.15, 0.2) is 0 Å². The van der Waals surface area contributed by atoms with Crippen LogP contribution in [0.5, 0.6) is 0 Å². The Morgan fingerprint density at radius 1 is 0.966 bits per heavy atom. The molecule has 2 aromatic rings. The van der Waals surface area contributed by atoms with Gasteiger partial charge in [0.25, 0.3) is 0 Å². The molecule has 3 fully saturated rings. The highest BCUT2D eigenvalue weighted by Gasteiger charge is 2.46. The number of morpholine rings is 1. The number of pyridine rings is 1. The molecule has 152 valence electrons. The number of likely N-dealkylation sites (tertiary alicyclic amines) is 2. The second kappa shape index (κ2) is 8.13. The van der Waals surface area contributed by atoms with Crippen LogP contribution < -0.4 is 4.90 Å². The lowest BCUT2D eigenvalue weighted by Crippen LogP contribution is -2.37. The second-order valence-corrected chi connectivity index (χ2v) is 8.23. The number of hydrogen-bond acceptors (Lipinski definition) is 5. The van der Waals surface area contributed by atoms with E-state index in [1.165, 1.54) is 11.1 Å². The zero-order valence-electron chi connectivity index (χ0n) is 16.7. The van der Waals surface area contributed by atoms with Crippen molar-refractivity contribution >= 4 is 11.7 Å². The van der Waals surface area contributed by atoms with E-state index in [0.717, 1.165) is 58.2 Å². The Labute approximate surface area is 172 Å². The Morgan fingerprint density at radius 2 is 1.79 bits per heavy atom. The maximum Gasteiger partial charge on any atom is 0.224 e. The molecule has 3 saturated heterocycles. The first-order valence-corrected chi connectivity index (χ1v) is 10.6. The number of fused-ring (bicyclic) bond motifs is 1. The summed E-state index contributed by atoms with van der Waals surface area (Å²) in [5.74, 6) is 1.33. The lowest BCUT2D eigenvalue weighted by Gasteiger charge is -2.28. The van der Waals surface area contributed by atoms with E-state index in [1.807, 2.05) is 24.4 Å². The van der Waals surface area contributed by atoms with Crippen LogP contribution in [-0.2, 0) is 22.6 Å². The van der Waals surface area contributed by atoms with Crippen molar-refractivity contribution in [3.8, 4) is 0 Å². The predicted molar refractivity (Wildman–Crippen MR) is 111 cm³/mol. The first kappa shape index (κ1) is 18.6. The molecule has 0 N–H and O–H groups in total. The number of aromatic nitrogens is 1. The lowest BCUT2D eigenvalue weighted by atomic mass is 10.1. The van der Waals surface area contributed by atoms with E-state index in [1.54, 1.807) is 0 Å². The minimum atomic E-state index is 0.289. The number of ether oxygens (including phenoxy) is 1. The summed E-state index contributed by atoms with van der Waals surface area (Å²) in [5.41, 5.74) is 2.49. The van der Waals surface area contributed by atoms with E-state index in [0.29, 0.717) is 18.5 Å². The van der Waals surface area contributed by atoms with Gasteiger partial charge in [0.05, 0.1) is 13.2 Å². The summed E-state index contributed by atoms with van der Waals surface area (Å²) in [6, 6.07) is 15.3. The molecule has 1 aromatic carbocycles. The van der Waals surface area contributed by atoms with E-state index < -0.39 is 0 Å². The molecule has 3 aliphatic heterocycles. The summed E-state index contributed by atoms with van der Waals surface area (Å²) >= 11 is 0. The highest BCUT2D eigenvalue weighted by atomic mass is 16.5. The van der Waals surface area contributed by atoms with Crippen molar-refractivity contribution in [3.05, 3.63) is 59.8 Å². The van der Waals surface area contributed by atoms with E-state index in [2.05, 4.69) is 43.9 Å². The molecule has 5 rings (SSSR count). The van der Waals surface area contributed by atoms with Gasteiger partial charge < -0.3 is 14.5 Å². The molecular formula is C23H28N4O2. The number of anilines is 1. The number of carbonyl (C=O) groups is 1. The third kappa shape index (κ3) is 3.87. The summed E-state index contributed by atoms with van der Waals surface area (Å²) in [6.07, 6.45) is 3.61. The van der Waals surface area contributed by atoms with Crippen molar-refractivity contribution in [3.63, 3.8) is 0 Å². The van der Waals surface area contributed by atoms with Gasteiger partial charge in [-0.05, 0) is 29.7 Å². The Kier molecular flexibility index (Phi) is 5.21. The molecule has 6 heteroatoms. The normalized spacial score (nSPS) is 24.9. The van der Waals surface area contributed by atoms with Crippen LogP contribution in [0.25, 0.3) is 0 Å². The molecule has 1 aromatic heterocycles. The molecule has 0 radical (unpaired) electrons. The number of rotatable bonds is 5. The minimum Gasteiger partial charge on any atom is -0.378 e. The zero-order chi connectivity index (χ0) is 19.6. The maximum atomic E-state index is 12.7. The quantitative estimate of drug-likeness (QED) is 0.782. The fourth-order valence-corrected chi connectivity index (χ4v) is 4.95. The van der Waals surface area contributed by atoms with Gasteiger partial charge in [0, 0.05) is 57.4 Å². The van der Waals surface area contributed by atoms with Crippen molar-refractivity contribution in [2.45, 2.75) is 38.0 Å². The molecule has 6 nitrogen and oxygen atoms in total. The first-order valence-electron chi connectivity index (χ1n) is 10.6. The number of amides is 1. The first-order chi connectivity index (χ1) is 14.3. The van der Waals surface area contributed by atoms with Crippen molar-refractivity contribution in [2.24, 2.45) is 0 Å². The number of hydrogen-bond donors (Lipinski definition) is 0. The summed E-state index contributed by atoms with van der Waals surface area (Å²) in [7, 11) is 0. The van der Waals surface area contributed by atoms with Crippen molar-refractivity contribution < 1.29 is 9.53 Å². The molecule has 3 aliphatic rings. The van der Waals surface area contributed by atoms with Crippen molar-refractivity contribution in [1.29, 1.82) is 0 Å². The molecule has 0 bridgehead atoms. The average Bonchev–Trinajstić information content (AvgIpc) is 3.29. The molecule has 1 amide bonds. The van der Waals surface area contributed by atoms with E-state index in [9.17, 15) is 4.79 Å². The van der Waals surface area contributed by atoms with Gasteiger partial charge in [0.2, 0.25) is 5.91 Å².